The molecule has 7 nitrogen and oxygen atoms in total. The van der Waals surface area contributed by atoms with Crippen LogP contribution in [0.3, 0.4) is 0 Å². The largest absolute Gasteiger partial charge is 0.497 e. The van der Waals surface area contributed by atoms with E-state index in [1.165, 1.54) is 4.88 Å². The van der Waals surface area contributed by atoms with Gasteiger partial charge in [-0.15, -0.1) is 35.3 Å². The van der Waals surface area contributed by atoms with Gasteiger partial charge < -0.3 is 20.7 Å². The highest BCUT2D eigenvalue weighted by molar-refractivity contribution is 14.0. The Morgan fingerprint density at radius 2 is 1.85 bits per heavy atom. The molecule has 0 fully saturated rings. The molecular formula is C18H26IN5O2S. The summed E-state index contributed by atoms with van der Waals surface area (Å²) in [5.74, 6) is 1.25. The molecule has 1 amide bonds. The van der Waals surface area contributed by atoms with Crippen LogP contribution in [0, 0.1) is 13.8 Å². The maximum absolute atomic E-state index is 12.0. The standard InChI is InChI=1S/C18H25N5O2S.HI/c1-12-13(2)26-17(23-12)11-22-18(19-3)21-10-16(24)20-9-14-5-7-15(25-4)8-6-14;/h5-8H,9-11H2,1-4H3,(H,20,24)(H2,19,21,22);1H. The Kier molecular flexibility index (Phi) is 10.1. The first-order valence-corrected chi connectivity index (χ1v) is 9.10. The van der Waals surface area contributed by atoms with Crippen molar-refractivity contribution in [2.75, 3.05) is 20.7 Å². The number of guanidine groups is 1. The van der Waals surface area contributed by atoms with E-state index in [2.05, 4.69) is 32.9 Å². The minimum atomic E-state index is -0.107. The van der Waals surface area contributed by atoms with Gasteiger partial charge in [-0.2, -0.15) is 0 Å². The van der Waals surface area contributed by atoms with Crippen molar-refractivity contribution in [3.8, 4) is 5.75 Å². The van der Waals surface area contributed by atoms with Gasteiger partial charge in [-0.3, -0.25) is 9.79 Å². The zero-order chi connectivity index (χ0) is 18.9. The Labute approximate surface area is 181 Å². The molecule has 0 saturated carbocycles. The average Bonchev–Trinajstić information content (AvgIpc) is 2.98. The smallest absolute Gasteiger partial charge is 0.239 e. The van der Waals surface area contributed by atoms with Crippen molar-refractivity contribution >= 4 is 47.2 Å². The summed E-state index contributed by atoms with van der Waals surface area (Å²) in [5.41, 5.74) is 2.06. The lowest BCUT2D eigenvalue weighted by atomic mass is 10.2. The number of aliphatic imine (C=N–C) groups is 1. The molecule has 0 atom stereocenters. The molecule has 0 radical (unpaired) electrons. The normalized spacial score (nSPS) is 10.7. The number of rotatable bonds is 7. The van der Waals surface area contributed by atoms with Gasteiger partial charge in [-0.25, -0.2) is 4.98 Å². The summed E-state index contributed by atoms with van der Waals surface area (Å²) in [4.78, 5) is 21.8. The van der Waals surface area contributed by atoms with Crippen molar-refractivity contribution in [3.05, 3.63) is 45.4 Å². The quantitative estimate of drug-likeness (QED) is 0.307. The summed E-state index contributed by atoms with van der Waals surface area (Å²) in [6.07, 6.45) is 0. The maximum Gasteiger partial charge on any atom is 0.239 e. The topological polar surface area (TPSA) is 87.6 Å². The lowest BCUT2D eigenvalue weighted by molar-refractivity contribution is -0.120. The van der Waals surface area contributed by atoms with Gasteiger partial charge in [0.1, 0.15) is 10.8 Å². The molecule has 2 aromatic rings. The number of halogens is 1. The summed E-state index contributed by atoms with van der Waals surface area (Å²) in [6, 6.07) is 7.58. The van der Waals surface area contributed by atoms with E-state index in [4.69, 9.17) is 4.74 Å². The van der Waals surface area contributed by atoms with Crippen molar-refractivity contribution in [2.45, 2.75) is 26.9 Å². The van der Waals surface area contributed by atoms with E-state index >= 15 is 0 Å². The number of nitrogens with zero attached hydrogens (tertiary/aromatic N) is 2. The van der Waals surface area contributed by atoms with Crippen LogP contribution < -0.4 is 20.7 Å². The number of methoxy groups -OCH3 is 1. The van der Waals surface area contributed by atoms with Gasteiger partial charge in [0.05, 0.1) is 25.9 Å². The van der Waals surface area contributed by atoms with E-state index in [0.29, 0.717) is 19.0 Å². The van der Waals surface area contributed by atoms with Gasteiger partial charge in [-0.05, 0) is 31.5 Å². The first-order chi connectivity index (χ1) is 12.5. The highest BCUT2D eigenvalue weighted by Gasteiger charge is 2.06. The average molecular weight is 503 g/mol. The van der Waals surface area contributed by atoms with Gasteiger partial charge >= 0.3 is 0 Å². The highest BCUT2D eigenvalue weighted by atomic mass is 127. The van der Waals surface area contributed by atoms with E-state index in [0.717, 1.165) is 22.0 Å². The van der Waals surface area contributed by atoms with Gasteiger partial charge in [0.15, 0.2) is 5.96 Å². The highest BCUT2D eigenvalue weighted by Crippen LogP contribution is 2.15. The molecule has 0 aliphatic rings. The number of thiazole rings is 1. The molecule has 9 heteroatoms. The molecule has 1 aromatic heterocycles. The minimum Gasteiger partial charge on any atom is -0.497 e. The molecule has 1 aromatic carbocycles. The second-order valence-electron chi connectivity index (χ2n) is 5.65. The van der Waals surface area contributed by atoms with Crippen LogP contribution in [0.2, 0.25) is 0 Å². The Bertz CT molecular complexity index is 742. The van der Waals surface area contributed by atoms with Crippen LogP contribution in [0.15, 0.2) is 29.3 Å². The molecule has 0 aliphatic carbocycles. The number of carbonyl (C=O) groups excluding carboxylic acids is 1. The van der Waals surface area contributed by atoms with E-state index < -0.39 is 0 Å². The number of amides is 1. The SMILES string of the molecule is CN=C(NCC(=O)NCc1ccc(OC)cc1)NCc1nc(C)c(C)s1.I. The monoisotopic (exact) mass is 503 g/mol. The molecule has 148 valence electrons. The molecule has 2 rings (SSSR count). The summed E-state index contributed by atoms with van der Waals surface area (Å²) in [6.45, 7) is 5.23. The van der Waals surface area contributed by atoms with Crippen LogP contribution in [-0.2, 0) is 17.9 Å². The third-order valence-electron chi connectivity index (χ3n) is 3.77. The molecule has 0 aliphatic heterocycles. The second kappa shape index (κ2) is 11.8. The predicted octanol–water partition coefficient (Wildman–Crippen LogP) is 2.37. The van der Waals surface area contributed by atoms with Gasteiger partial charge in [0.2, 0.25) is 5.91 Å². The minimum absolute atomic E-state index is 0. The number of carbonyl (C=O) groups is 1. The summed E-state index contributed by atoms with van der Waals surface area (Å²) in [7, 11) is 3.29. The van der Waals surface area contributed by atoms with Crippen molar-refractivity contribution in [2.24, 2.45) is 4.99 Å². The molecule has 27 heavy (non-hydrogen) atoms. The first kappa shape index (κ1) is 23.2. The van der Waals surface area contributed by atoms with Gasteiger partial charge in [-0.1, -0.05) is 12.1 Å². The summed E-state index contributed by atoms with van der Waals surface area (Å²) in [5, 5.41) is 10.0. The number of ether oxygens (including phenoxy) is 1. The molecule has 1 heterocycles. The number of aryl methyl sites for hydroxylation is 2. The molecule has 0 bridgehead atoms. The lowest BCUT2D eigenvalue weighted by Gasteiger charge is -2.11. The zero-order valence-corrected chi connectivity index (χ0v) is 19.1. The predicted molar refractivity (Wildman–Crippen MR) is 120 cm³/mol. The fourth-order valence-corrected chi connectivity index (χ4v) is 3.04. The molecule has 0 saturated heterocycles. The third-order valence-corrected chi connectivity index (χ3v) is 4.84. The Hall–Kier alpha value is -1.88. The van der Waals surface area contributed by atoms with Crippen LogP contribution >= 0.6 is 35.3 Å². The second-order valence-corrected chi connectivity index (χ2v) is 6.94. The fourth-order valence-electron chi connectivity index (χ4n) is 2.17. The number of hydrogen-bond donors (Lipinski definition) is 3. The van der Waals surface area contributed by atoms with Crippen LogP contribution in [-0.4, -0.2) is 37.6 Å². The number of hydrogen-bond acceptors (Lipinski definition) is 5. The van der Waals surface area contributed by atoms with Crippen LogP contribution in [0.5, 0.6) is 5.75 Å². The van der Waals surface area contributed by atoms with Crippen LogP contribution in [0.1, 0.15) is 21.1 Å². The molecule has 0 spiro atoms. The van der Waals surface area contributed by atoms with E-state index in [-0.39, 0.29) is 36.4 Å². The first-order valence-electron chi connectivity index (χ1n) is 8.29. The molecular weight excluding hydrogens is 477 g/mol. The van der Waals surface area contributed by atoms with Crippen LogP contribution in [0.4, 0.5) is 0 Å². The number of benzene rings is 1. The molecule has 0 unspecified atom stereocenters. The van der Waals surface area contributed by atoms with Gasteiger partial charge in [0, 0.05) is 18.5 Å². The van der Waals surface area contributed by atoms with Crippen molar-refractivity contribution < 1.29 is 9.53 Å². The summed E-state index contributed by atoms with van der Waals surface area (Å²) >= 11 is 1.65. The Balaban J connectivity index is 0.00000364. The van der Waals surface area contributed by atoms with E-state index in [9.17, 15) is 4.79 Å². The maximum atomic E-state index is 12.0. The number of nitrogens with one attached hydrogen (secondary N) is 3. The molecule has 3 N–H and O–H groups in total. The fraction of sp³-hybridized carbons (Fsp3) is 0.389. The van der Waals surface area contributed by atoms with E-state index in [1.807, 2.05) is 31.2 Å². The van der Waals surface area contributed by atoms with Crippen molar-refractivity contribution in [1.82, 2.24) is 20.9 Å². The van der Waals surface area contributed by atoms with Crippen molar-refractivity contribution in [3.63, 3.8) is 0 Å². The summed E-state index contributed by atoms with van der Waals surface area (Å²) < 4.78 is 5.11. The zero-order valence-electron chi connectivity index (χ0n) is 16.0. The van der Waals surface area contributed by atoms with E-state index in [1.54, 1.807) is 25.5 Å². The van der Waals surface area contributed by atoms with Crippen molar-refractivity contribution in [1.29, 1.82) is 0 Å². The lowest BCUT2D eigenvalue weighted by Crippen LogP contribution is -2.42. The number of aromatic nitrogens is 1. The third kappa shape index (κ3) is 7.71. The van der Waals surface area contributed by atoms with Crippen LogP contribution in [0.25, 0.3) is 0 Å². The van der Waals surface area contributed by atoms with Gasteiger partial charge in [0.25, 0.3) is 0 Å². The Morgan fingerprint density at radius 3 is 2.41 bits per heavy atom. The Morgan fingerprint density at radius 1 is 1.15 bits per heavy atom.